The summed E-state index contributed by atoms with van der Waals surface area (Å²) in [6, 6.07) is 2.02. The second-order valence-electron chi connectivity index (χ2n) is 6.46. The van der Waals surface area contributed by atoms with Crippen LogP contribution in [0.2, 0.25) is 0 Å². The van der Waals surface area contributed by atoms with Crippen molar-refractivity contribution in [2.45, 2.75) is 52.1 Å². The Hall–Kier alpha value is -2.72. The van der Waals surface area contributed by atoms with Crippen molar-refractivity contribution in [3.05, 3.63) is 23.8 Å². The fourth-order valence-electron chi connectivity index (χ4n) is 2.08. The average Bonchev–Trinajstić information content (AvgIpc) is 2.53. The highest BCUT2D eigenvalue weighted by atomic mass is 19.3. The molecular formula is C17H21F4NO6. The number of amides is 1. The zero-order valence-corrected chi connectivity index (χ0v) is 15.6. The number of hydrogen-bond acceptors (Lipinski definition) is 6. The molecule has 7 nitrogen and oxygen atoms in total. The van der Waals surface area contributed by atoms with Crippen LogP contribution in [0.25, 0.3) is 0 Å². The van der Waals surface area contributed by atoms with E-state index in [1.807, 2.05) is 0 Å². The highest BCUT2D eigenvalue weighted by Gasteiger charge is 2.26. The third-order valence-electron chi connectivity index (χ3n) is 3.06. The van der Waals surface area contributed by atoms with Crippen molar-refractivity contribution in [3.8, 4) is 11.5 Å². The second kappa shape index (κ2) is 10.00. The Morgan fingerprint density at radius 2 is 1.61 bits per heavy atom. The summed E-state index contributed by atoms with van der Waals surface area (Å²) in [4.78, 5) is 23.8. The third kappa shape index (κ3) is 8.31. The van der Waals surface area contributed by atoms with E-state index in [9.17, 15) is 27.2 Å². The van der Waals surface area contributed by atoms with Crippen molar-refractivity contribution in [2.24, 2.45) is 0 Å². The van der Waals surface area contributed by atoms with E-state index in [1.54, 1.807) is 20.8 Å². The third-order valence-corrected chi connectivity index (χ3v) is 3.06. The lowest BCUT2D eigenvalue weighted by atomic mass is 10.1. The number of hydrogen-bond donors (Lipinski definition) is 1. The Balaban J connectivity index is 3.04. The fourth-order valence-corrected chi connectivity index (χ4v) is 2.08. The van der Waals surface area contributed by atoms with Crippen LogP contribution in [-0.4, -0.2) is 44.0 Å². The van der Waals surface area contributed by atoms with E-state index >= 15 is 0 Å². The lowest BCUT2D eigenvalue weighted by Crippen LogP contribution is -2.45. The van der Waals surface area contributed by atoms with Gasteiger partial charge in [0, 0.05) is 6.42 Å². The molecule has 1 rings (SSSR count). The van der Waals surface area contributed by atoms with Crippen LogP contribution in [0.15, 0.2) is 18.2 Å². The number of methoxy groups -OCH3 is 1. The van der Waals surface area contributed by atoms with Crippen LogP contribution in [-0.2, 0) is 20.7 Å². The topological polar surface area (TPSA) is 83.1 Å². The van der Waals surface area contributed by atoms with Gasteiger partial charge in [0.2, 0.25) is 0 Å². The molecule has 0 spiro atoms. The highest BCUT2D eigenvalue weighted by Crippen LogP contribution is 2.31. The van der Waals surface area contributed by atoms with E-state index in [2.05, 4.69) is 19.5 Å². The molecule has 0 aliphatic carbocycles. The first kappa shape index (κ1) is 23.3. The van der Waals surface area contributed by atoms with Gasteiger partial charge in [-0.05, 0) is 38.5 Å². The molecule has 1 aromatic rings. The molecule has 0 heterocycles. The number of halogens is 4. The Kier molecular flexibility index (Phi) is 8.33. The average molecular weight is 411 g/mol. The molecule has 0 aliphatic rings. The Labute approximate surface area is 158 Å². The van der Waals surface area contributed by atoms with Gasteiger partial charge in [0.15, 0.2) is 11.5 Å². The quantitative estimate of drug-likeness (QED) is 0.521. The summed E-state index contributed by atoms with van der Waals surface area (Å²) in [6.07, 6.45) is -1.11. The van der Waals surface area contributed by atoms with E-state index < -0.39 is 48.4 Å². The molecule has 0 saturated heterocycles. The van der Waals surface area contributed by atoms with Crippen LogP contribution in [0.5, 0.6) is 11.5 Å². The van der Waals surface area contributed by atoms with Crippen LogP contribution >= 0.6 is 0 Å². The number of benzene rings is 1. The minimum atomic E-state index is -3.29. The van der Waals surface area contributed by atoms with Gasteiger partial charge in [0.1, 0.15) is 11.6 Å². The zero-order valence-electron chi connectivity index (χ0n) is 15.6. The fraction of sp³-hybridized carbons (Fsp3) is 0.529. The minimum Gasteiger partial charge on any atom is -0.467 e. The summed E-state index contributed by atoms with van der Waals surface area (Å²) in [5.74, 6) is -2.07. The minimum absolute atomic E-state index is 0.208. The Morgan fingerprint density at radius 3 is 2.11 bits per heavy atom. The number of alkyl halides is 4. The Morgan fingerprint density at radius 1 is 1.04 bits per heavy atom. The lowest BCUT2D eigenvalue weighted by molar-refractivity contribution is -0.143. The predicted octanol–water partition coefficient (Wildman–Crippen LogP) is 3.50. The summed E-state index contributed by atoms with van der Waals surface area (Å²) in [5, 5.41) is 2.30. The second-order valence-corrected chi connectivity index (χ2v) is 6.46. The molecule has 28 heavy (non-hydrogen) atoms. The van der Waals surface area contributed by atoms with E-state index in [0.29, 0.717) is 0 Å². The summed E-state index contributed by atoms with van der Waals surface area (Å²) < 4.78 is 67.8. The number of esters is 1. The number of nitrogens with one attached hydrogen (secondary N) is 1. The molecule has 0 radical (unpaired) electrons. The number of carbonyl (C=O) groups is 2. The molecule has 1 atom stereocenters. The van der Waals surface area contributed by atoms with Crippen LogP contribution in [0, 0.1) is 0 Å². The van der Waals surface area contributed by atoms with E-state index in [4.69, 9.17) is 4.74 Å². The first-order chi connectivity index (χ1) is 12.9. The molecule has 0 unspecified atom stereocenters. The maximum absolute atomic E-state index is 12.5. The van der Waals surface area contributed by atoms with Crippen LogP contribution in [0.3, 0.4) is 0 Å². The molecule has 11 heteroatoms. The SMILES string of the molecule is COC(=O)[C@H](Cc1ccc(OC(F)F)c(OC(F)F)c1)NC(=O)OC(C)(C)C. The summed E-state index contributed by atoms with van der Waals surface area (Å²) in [5.41, 5.74) is -0.610. The highest BCUT2D eigenvalue weighted by molar-refractivity contribution is 5.81. The van der Waals surface area contributed by atoms with E-state index in [0.717, 1.165) is 19.2 Å². The van der Waals surface area contributed by atoms with Gasteiger partial charge in [-0.15, -0.1) is 0 Å². The molecule has 1 N–H and O–H groups in total. The van der Waals surface area contributed by atoms with Crippen molar-refractivity contribution in [1.29, 1.82) is 0 Å². The molecular weight excluding hydrogens is 390 g/mol. The monoisotopic (exact) mass is 411 g/mol. The maximum Gasteiger partial charge on any atom is 0.408 e. The first-order valence-corrected chi connectivity index (χ1v) is 8.01. The first-order valence-electron chi connectivity index (χ1n) is 8.01. The van der Waals surface area contributed by atoms with Gasteiger partial charge in [-0.2, -0.15) is 17.6 Å². The van der Waals surface area contributed by atoms with Crippen molar-refractivity contribution in [3.63, 3.8) is 0 Å². The van der Waals surface area contributed by atoms with Crippen molar-refractivity contribution < 1.29 is 46.1 Å². The lowest BCUT2D eigenvalue weighted by Gasteiger charge is -2.23. The smallest absolute Gasteiger partial charge is 0.408 e. The molecule has 0 bridgehead atoms. The number of ether oxygens (including phenoxy) is 4. The zero-order chi connectivity index (χ0) is 21.5. The summed E-state index contributed by atoms with van der Waals surface area (Å²) in [7, 11) is 1.09. The van der Waals surface area contributed by atoms with Gasteiger partial charge in [0.25, 0.3) is 0 Å². The molecule has 0 saturated carbocycles. The largest absolute Gasteiger partial charge is 0.467 e. The van der Waals surface area contributed by atoms with Gasteiger partial charge in [-0.25, -0.2) is 9.59 Å². The van der Waals surface area contributed by atoms with Crippen LogP contribution < -0.4 is 14.8 Å². The molecule has 0 aliphatic heterocycles. The van der Waals surface area contributed by atoms with Gasteiger partial charge in [-0.3, -0.25) is 0 Å². The van der Waals surface area contributed by atoms with Crippen molar-refractivity contribution in [1.82, 2.24) is 5.32 Å². The van der Waals surface area contributed by atoms with Gasteiger partial charge in [-0.1, -0.05) is 6.07 Å². The standard InChI is InChI=1S/C17H21F4NO6/c1-17(2,3)28-16(24)22-10(13(23)25-4)7-9-5-6-11(26-14(18)19)12(8-9)27-15(20)21/h5-6,8,10,14-15H,7H2,1-4H3,(H,22,24)/t10-/m0/s1. The van der Waals surface area contributed by atoms with Crippen LogP contribution in [0.4, 0.5) is 22.4 Å². The van der Waals surface area contributed by atoms with Crippen molar-refractivity contribution >= 4 is 12.1 Å². The van der Waals surface area contributed by atoms with Gasteiger partial charge >= 0.3 is 25.3 Å². The summed E-state index contributed by atoms with van der Waals surface area (Å²) >= 11 is 0. The van der Waals surface area contributed by atoms with E-state index in [1.165, 1.54) is 6.07 Å². The molecule has 1 aromatic carbocycles. The summed E-state index contributed by atoms with van der Waals surface area (Å²) in [6.45, 7) is -1.67. The van der Waals surface area contributed by atoms with Gasteiger partial charge < -0.3 is 24.3 Å². The number of alkyl carbamates (subject to hydrolysis) is 1. The number of carbonyl (C=O) groups excluding carboxylic acids is 2. The number of rotatable bonds is 8. The van der Waals surface area contributed by atoms with Crippen LogP contribution in [0.1, 0.15) is 26.3 Å². The van der Waals surface area contributed by atoms with Crippen molar-refractivity contribution in [2.75, 3.05) is 7.11 Å². The predicted molar refractivity (Wildman–Crippen MR) is 88.6 cm³/mol. The molecule has 0 aromatic heterocycles. The normalized spacial score (nSPS) is 12.5. The van der Waals surface area contributed by atoms with Gasteiger partial charge in [0.05, 0.1) is 7.11 Å². The molecule has 0 fully saturated rings. The molecule has 1 amide bonds. The maximum atomic E-state index is 12.5. The molecule has 158 valence electrons. The Bertz CT molecular complexity index is 678. The van der Waals surface area contributed by atoms with E-state index in [-0.39, 0.29) is 12.0 Å².